The number of alkyl halides is 2. The Morgan fingerprint density at radius 2 is 1.77 bits per heavy atom. The SMILES string of the molecule is O=C(COC(=O)[C@@H]1COc2ccccc2O1)c1ccc(OC(F)F)cc1. The number of hydrogen-bond acceptors (Lipinski definition) is 6. The summed E-state index contributed by atoms with van der Waals surface area (Å²) in [5, 5.41) is 0. The molecule has 0 aromatic heterocycles. The van der Waals surface area contributed by atoms with Gasteiger partial charge in [-0.1, -0.05) is 12.1 Å². The number of fused-ring (bicyclic) bond motifs is 1. The lowest BCUT2D eigenvalue weighted by Crippen LogP contribution is -2.38. The fourth-order valence-electron chi connectivity index (χ4n) is 2.27. The Bertz CT molecular complexity index is 791. The number of carbonyl (C=O) groups is 2. The lowest BCUT2D eigenvalue weighted by Gasteiger charge is -2.24. The monoisotopic (exact) mass is 364 g/mol. The van der Waals surface area contributed by atoms with Crippen LogP contribution in [0.25, 0.3) is 0 Å². The van der Waals surface area contributed by atoms with Crippen LogP contribution in [0, 0.1) is 0 Å². The molecule has 6 nitrogen and oxygen atoms in total. The molecule has 26 heavy (non-hydrogen) atoms. The van der Waals surface area contributed by atoms with Crippen LogP contribution in [0.2, 0.25) is 0 Å². The summed E-state index contributed by atoms with van der Waals surface area (Å²) in [5.74, 6) is -0.343. The van der Waals surface area contributed by atoms with Gasteiger partial charge in [0.1, 0.15) is 12.4 Å². The van der Waals surface area contributed by atoms with Gasteiger partial charge in [0.25, 0.3) is 0 Å². The molecule has 0 bridgehead atoms. The van der Waals surface area contributed by atoms with Crippen molar-refractivity contribution in [3.05, 3.63) is 54.1 Å². The molecule has 1 aliphatic rings. The van der Waals surface area contributed by atoms with Gasteiger partial charge in [-0.15, -0.1) is 0 Å². The molecule has 0 amide bonds. The molecular formula is C18H14F2O6. The molecule has 0 unspecified atom stereocenters. The molecular weight excluding hydrogens is 350 g/mol. The van der Waals surface area contributed by atoms with E-state index in [0.717, 1.165) is 0 Å². The summed E-state index contributed by atoms with van der Waals surface area (Å²) >= 11 is 0. The van der Waals surface area contributed by atoms with Gasteiger partial charge < -0.3 is 18.9 Å². The molecule has 2 aromatic carbocycles. The van der Waals surface area contributed by atoms with Gasteiger partial charge in [-0.25, -0.2) is 4.79 Å². The normalized spacial score (nSPS) is 15.4. The van der Waals surface area contributed by atoms with Crippen LogP contribution in [0.1, 0.15) is 10.4 Å². The van der Waals surface area contributed by atoms with Crippen LogP contribution in [0.4, 0.5) is 8.78 Å². The average molecular weight is 364 g/mol. The van der Waals surface area contributed by atoms with E-state index >= 15 is 0 Å². The van der Waals surface area contributed by atoms with Gasteiger partial charge in [-0.05, 0) is 36.4 Å². The second-order valence-corrected chi connectivity index (χ2v) is 5.30. The maximum absolute atomic E-state index is 12.1. The molecule has 2 aromatic rings. The third-order valence-corrected chi connectivity index (χ3v) is 3.52. The van der Waals surface area contributed by atoms with Gasteiger partial charge in [-0.2, -0.15) is 8.78 Å². The molecule has 0 fully saturated rings. The first kappa shape index (κ1) is 17.7. The van der Waals surface area contributed by atoms with E-state index in [4.69, 9.17) is 14.2 Å². The number of hydrogen-bond donors (Lipinski definition) is 0. The number of ether oxygens (including phenoxy) is 4. The minimum atomic E-state index is -2.94. The molecule has 0 aliphatic carbocycles. The van der Waals surface area contributed by atoms with Gasteiger partial charge in [-0.3, -0.25) is 4.79 Å². The largest absolute Gasteiger partial charge is 0.485 e. The summed E-state index contributed by atoms with van der Waals surface area (Å²) in [6.45, 7) is -3.47. The van der Waals surface area contributed by atoms with Gasteiger partial charge in [0.15, 0.2) is 23.9 Å². The Labute approximate surface area is 147 Å². The molecule has 0 radical (unpaired) electrons. The minimum Gasteiger partial charge on any atom is -0.485 e. The summed E-state index contributed by atoms with van der Waals surface area (Å²) in [7, 11) is 0. The summed E-state index contributed by atoms with van der Waals surface area (Å²) in [5.41, 5.74) is 0.200. The first-order chi connectivity index (χ1) is 12.5. The molecule has 0 N–H and O–H groups in total. The van der Waals surface area contributed by atoms with Crippen molar-refractivity contribution in [3.63, 3.8) is 0 Å². The van der Waals surface area contributed by atoms with E-state index in [2.05, 4.69) is 4.74 Å². The predicted molar refractivity (Wildman–Crippen MR) is 84.7 cm³/mol. The number of ketones is 1. The molecule has 1 aliphatic heterocycles. The zero-order chi connectivity index (χ0) is 18.5. The Morgan fingerprint density at radius 3 is 2.46 bits per heavy atom. The number of halogens is 2. The van der Waals surface area contributed by atoms with Crippen LogP contribution >= 0.6 is 0 Å². The van der Waals surface area contributed by atoms with Gasteiger partial charge in [0.2, 0.25) is 6.10 Å². The minimum absolute atomic E-state index is 0.0241. The molecule has 8 heteroatoms. The van der Waals surface area contributed by atoms with E-state index in [1.54, 1.807) is 24.3 Å². The van der Waals surface area contributed by atoms with Crippen molar-refractivity contribution in [2.75, 3.05) is 13.2 Å². The highest BCUT2D eigenvalue weighted by Gasteiger charge is 2.29. The molecule has 3 rings (SSSR count). The first-order valence-electron chi connectivity index (χ1n) is 7.66. The van der Waals surface area contributed by atoms with Crippen LogP contribution < -0.4 is 14.2 Å². The zero-order valence-corrected chi connectivity index (χ0v) is 13.4. The Morgan fingerprint density at radius 1 is 1.08 bits per heavy atom. The second kappa shape index (κ2) is 7.81. The lowest BCUT2D eigenvalue weighted by atomic mass is 10.1. The molecule has 1 atom stereocenters. The molecule has 0 saturated carbocycles. The van der Waals surface area contributed by atoms with Crippen LogP contribution in [-0.4, -0.2) is 37.7 Å². The number of esters is 1. The van der Waals surface area contributed by atoms with Crippen molar-refractivity contribution in [1.82, 2.24) is 0 Å². The van der Waals surface area contributed by atoms with Gasteiger partial charge in [0, 0.05) is 5.56 Å². The van der Waals surface area contributed by atoms with Crippen molar-refractivity contribution in [2.24, 2.45) is 0 Å². The van der Waals surface area contributed by atoms with E-state index < -0.39 is 31.1 Å². The van der Waals surface area contributed by atoms with E-state index in [1.807, 2.05) is 0 Å². The summed E-state index contributed by atoms with van der Waals surface area (Å²) in [6, 6.07) is 12.0. The topological polar surface area (TPSA) is 71.1 Å². The quantitative estimate of drug-likeness (QED) is 0.580. The third-order valence-electron chi connectivity index (χ3n) is 3.52. The maximum Gasteiger partial charge on any atom is 0.387 e. The van der Waals surface area contributed by atoms with Gasteiger partial charge in [0.05, 0.1) is 0 Å². The highest BCUT2D eigenvalue weighted by molar-refractivity contribution is 5.98. The standard InChI is InChI=1S/C18H14F2O6/c19-18(20)25-12-7-5-11(6-8-12)13(21)9-24-17(22)16-10-23-14-3-1-2-4-15(14)26-16/h1-8,16,18H,9-10H2/t16-/m0/s1. The van der Waals surface area contributed by atoms with Crippen LogP contribution in [0.3, 0.4) is 0 Å². The summed E-state index contributed by atoms with van der Waals surface area (Å²) in [6.07, 6.45) is -0.973. The van der Waals surface area contributed by atoms with Crippen molar-refractivity contribution in [1.29, 1.82) is 0 Å². The number of carbonyl (C=O) groups excluding carboxylic acids is 2. The third kappa shape index (κ3) is 4.27. The fourth-order valence-corrected chi connectivity index (χ4v) is 2.27. The van der Waals surface area contributed by atoms with Crippen molar-refractivity contribution < 1.29 is 37.3 Å². The first-order valence-corrected chi connectivity index (χ1v) is 7.66. The predicted octanol–water partition coefficient (Wildman–Crippen LogP) is 2.85. The van der Waals surface area contributed by atoms with E-state index in [0.29, 0.717) is 11.5 Å². The highest BCUT2D eigenvalue weighted by Crippen LogP contribution is 2.31. The Balaban J connectivity index is 1.52. The van der Waals surface area contributed by atoms with Crippen LogP contribution in [0.5, 0.6) is 17.2 Å². The van der Waals surface area contributed by atoms with Crippen LogP contribution in [0.15, 0.2) is 48.5 Å². The number of benzene rings is 2. The molecule has 0 saturated heterocycles. The van der Waals surface area contributed by atoms with Crippen molar-refractivity contribution in [2.45, 2.75) is 12.7 Å². The van der Waals surface area contributed by atoms with Crippen LogP contribution in [-0.2, 0) is 9.53 Å². The Hall–Kier alpha value is -3.16. The number of Topliss-reactive ketones (excluding diaryl/α,β-unsaturated/α-hetero) is 1. The van der Waals surface area contributed by atoms with Crippen molar-refractivity contribution >= 4 is 11.8 Å². The molecule has 1 heterocycles. The Kier molecular flexibility index (Phi) is 5.31. The van der Waals surface area contributed by atoms with E-state index in [1.165, 1.54) is 24.3 Å². The smallest absolute Gasteiger partial charge is 0.387 e. The fraction of sp³-hybridized carbons (Fsp3) is 0.222. The van der Waals surface area contributed by atoms with E-state index in [-0.39, 0.29) is 17.9 Å². The van der Waals surface area contributed by atoms with E-state index in [9.17, 15) is 18.4 Å². The van der Waals surface area contributed by atoms with Crippen molar-refractivity contribution in [3.8, 4) is 17.2 Å². The zero-order valence-electron chi connectivity index (χ0n) is 13.4. The number of rotatable bonds is 6. The summed E-state index contributed by atoms with van der Waals surface area (Å²) < 4.78 is 44.2. The number of para-hydroxylation sites is 2. The summed E-state index contributed by atoms with van der Waals surface area (Å²) in [4.78, 5) is 24.1. The maximum atomic E-state index is 12.1. The molecule has 136 valence electrons. The highest BCUT2D eigenvalue weighted by atomic mass is 19.3. The van der Waals surface area contributed by atoms with Gasteiger partial charge >= 0.3 is 12.6 Å². The molecule has 0 spiro atoms. The average Bonchev–Trinajstić information content (AvgIpc) is 2.65. The lowest BCUT2D eigenvalue weighted by molar-refractivity contribution is -0.153. The second-order valence-electron chi connectivity index (χ2n) is 5.30.